The Morgan fingerprint density at radius 1 is 0.507 bits per heavy atom. The molecule has 0 amide bonds. The van der Waals surface area contributed by atoms with Gasteiger partial charge in [0.2, 0.25) is 0 Å². The smallest absolute Gasteiger partial charge is 0.333 e. The SMILES string of the molecule is CCCCc1ccc(N2B3c4cc(CCCC)ccc4N(c4ccc(CCCC)cc4)c4cc5c(c(c43)-c3cc4c(cc32)oc2cc3c(cc24)C(C)(C)CCC3(C)C)C(C)(C)c2ccccc2-5)cc1. The van der Waals surface area contributed by atoms with Gasteiger partial charge in [-0.2, -0.15) is 0 Å². The van der Waals surface area contributed by atoms with Crippen LogP contribution in [0, 0.1) is 0 Å². The van der Waals surface area contributed by atoms with Gasteiger partial charge in [-0.1, -0.05) is 142 Å². The van der Waals surface area contributed by atoms with Crippen molar-refractivity contribution in [3.05, 3.63) is 160 Å². The predicted molar refractivity (Wildman–Crippen MR) is 296 cm³/mol. The zero-order chi connectivity index (χ0) is 47.6. The lowest BCUT2D eigenvalue weighted by Crippen LogP contribution is -2.62. The molecule has 7 aromatic carbocycles. The predicted octanol–water partition coefficient (Wildman–Crippen LogP) is 17.0. The van der Waals surface area contributed by atoms with Gasteiger partial charge >= 0.3 is 6.85 Å². The summed E-state index contributed by atoms with van der Waals surface area (Å²) in [5, 5.41) is 2.43. The van der Waals surface area contributed by atoms with Crippen LogP contribution in [0.3, 0.4) is 0 Å². The van der Waals surface area contributed by atoms with Crippen molar-refractivity contribution in [1.82, 2.24) is 0 Å². The molecule has 0 bridgehead atoms. The average Bonchev–Trinajstić information content (AvgIpc) is 3.82. The molecule has 4 aliphatic rings. The zero-order valence-corrected chi connectivity index (χ0v) is 42.7. The van der Waals surface area contributed by atoms with Gasteiger partial charge in [0.1, 0.15) is 11.2 Å². The zero-order valence-electron chi connectivity index (χ0n) is 42.7. The number of fused-ring (bicyclic) bond motifs is 12. The fourth-order valence-corrected chi connectivity index (χ4v) is 13.2. The molecule has 3 heterocycles. The Kier molecular flexibility index (Phi) is 10.4. The summed E-state index contributed by atoms with van der Waals surface area (Å²) in [6, 6.07) is 48.4. The Bertz CT molecular complexity index is 3330. The van der Waals surface area contributed by atoms with Crippen LogP contribution < -0.4 is 20.6 Å². The molecule has 0 saturated heterocycles. The number of furan rings is 1. The quantitative estimate of drug-likeness (QED) is 0.121. The van der Waals surface area contributed by atoms with Crippen molar-refractivity contribution in [1.29, 1.82) is 0 Å². The van der Waals surface area contributed by atoms with Gasteiger partial charge in [-0.15, -0.1) is 0 Å². The lowest BCUT2D eigenvalue weighted by Gasteiger charge is -2.47. The minimum atomic E-state index is -0.238. The maximum Gasteiger partial charge on any atom is 0.333 e. The molecule has 348 valence electrons. The number of unbranched alkanes of at least 4 members (excludes halogenated alkanes) is 3. The van der Waals surface area contributed by atoms with Gasteiger partial charge in [0, 0.05) is 56.3 Å². The molecule has 0 saturated carbocycles. The molecule has 2 aliphatic heterocycles. The second kappa shape index (κ2) is 16.3. The van der Waals surface area contributed by atoms with Gasteiger partial charge < -0.3 is 14.1 Å². The first-order chi connectivity index (χ1) is 33.3. The van der Waals surface area contributed by atoms with Crippen LogP contribution >= 0.6 is 0 Å². The molecule has 4 heteroatoms. The molecule has 3 nitrogen and oxygen atoms in total. The van der Waals surface area contributed by atoms with Crippen LogP contribution in [0.2, 0.25) is 0 Å². The van der Waals surface area contributed by atoms with Crippen LogP contribution in [0.15, 0.2) is 126 Å². The Morgan fingerprint density at radius 2 is 1.09 bits per heavy atom. The van der Waals surface area contributed by atoms with Gasteiger partial charge in [-0.05, 0) is 183 Å². The number of anilines is 5. The van der Waals surface area contributed by atoms with Crippen molar-refractivity contribution in [3.63, 3.8) is 0 Å². The van der Waals surface area contributed by atoms with E-state index in [4.69, 9.17) is 4.42 Å². The fraction of sp³-hybridized carbons (Fsp3) is 0.354. The highest BCUT2D eigenvalue weighted by Crippen LogP contribution is 2.58. The van der Waals surface area contributed by atoms with Gasteiger partial charge in [0.05, 0.1) is 0 Å². The second-order valence-corrected chi connectivity index (χ2v) is 23.1. The van der Waals surface area contributed by atoms with Gasteiger partial charge in [0.25, 0.3) is 0 Å². The number of benzene rings is 7. The molecule has 8 aromatic rings. The number of aryl methyl sites for hydroxylation is 3. The van der Waals surface area contributed by atoms with E-state index in [0.29, 0.717) is 0 Å². The van der Waals surface area contributed by atoms with E-state index in [0.717, 1.165) is 30.4 Å². The van der Waals surface area contributed by atoms with E-state index in [-0.39, 0.29) is 23.1 Å². The highest BCUT2D eigenvalue weighted by atomic mass is 16.3. The van der Waals surface area contributed by atoms with Crippen LogP contribution in [-0.4, -0.2) is 6.85 Å². The van der Waals surface area contributed by atoms with E-state index < -0.39 is 0 Å². The Balaban J connectivity index is 1.21. The summed E-state index contributed by atoms with van der Waals surface area (Å²) >= 11 is 0. The molecule has 0 spiro atoms. The number of hydrogen-bond acceptors (Lipinski definition) is 3. The van der Waals surface area contributed by atoms with Crippen molar-refractivity contribution in [2.24, 2.45) is 0 Å². The third-order valence-corrected chi connectivity index (χ3v) is 17.2. The molecule has 0 unspecified atom stereocenters. The summed E-state index contributed by atoms with van der Waals surface area (Å²) in [6.45, 7) is 21.5. The topological polar surface area (TPSA) is 19.6 Å². The molecule has 69 heavy (non-hydrogen) atoms. The van der Waals surface area contributed by atoms with E-state index in [1.54, 1.807) is 0 Å². The lowest BCUT2D eigenvalue weighted by molar-refractivity contribution is 0.332. The van der Waals surface area contributed by atoms with Gasteiger partial charge in [-0.3, -0.25) is 0 Å². The highest BCUT2D eigenvalue weighted by molar-refractivity contribution is 6.93. The average molecular weight is 905 g/mol. The summed E-state index contributed by atoms with van der Waals surface area (Å²) < 4.78 is 7.18. The monoisotopic (exact) mass is 905 g/mol. The summed E-state index contributed by atoms with van der Waals surface area (Å²) in [6.07, 6.45) is 12.7. The Morgan fingerprint density at radius 3 is 1.75 bits per heavy atom. The van der Waals surface area contributed by atoms with Gasteiger partial charge in [0.15, 0.2) is 0 Å². The third kappa shape index (κ3) is 6.81. The number of rotatable bonds is 11. The van der Waals surface area contributed by atoms with E-state index in [1.807, 2.05) is 0 Å². The highest BCUT2D eigenvalue weighted by Gasteiger charge is 2.50. The molecule has 1 aromatic heterocycles. The van der Waals surface area contributed by atoms with E-state index in [9.17, 15) is 0 Å². The maximum absolute atomic E-state index is 7.18. The van der Waals surface area contributed by atoms with Crippen molar-refractivity contribution < 1.29 is 4.42 Å². The number of hydrogen-bond donors (Lipinski definition) is 0. The van der Waals surface area contributed by atoms with Gasteiger partial charge in [-0.25, -0.2) is 0 Å². The van der Waals surface area contributed by atoms with Crippen LogP contribution in [0.1, 0.15) is 153 Å². The summed E-state index contributed by atoms with van der Waals surface area (Å²) in [4.78, 5) is 5.34. The molecule has 12 rings (SSSR count). The van der Waals surface area contributed by atoms with Crippen LogP contribution in [0.5, 0.6) is 0 Å². The standard InChI is InChI=1S/C65H69BN2O/c1-10-13-18-41-23-28-44(29-24-41)67-55-32-27-43(20-15-12-3)35-54(55)66-62-57(67)38-49-46-21-16-17-22-51(46)65(8,9)61(49)60(62)50-36-47-48-37-52-53(64(6,7)34-33-63(52,4)5)39-58(48)69-59(47)40-56(50)68(66)45-30-25-42(26-31-45)19-14-11-2/h16-17,21-32,35-40H,10-15,18-20,33-34H2,1-9H3. The third-order valence-electron chi connectivity index (χ3n) is 17.2. The molecule has 0 atom stereocenters. The summed E-state index contributed by atoms with van der Waals surface area (Å²) in [5.41, 5.74) is 26.2. The molecule has 2 aliphatic carbocycles. The molecule has 0 radical (unpaired) electrons. The molecular weight excluding hydrogens is 836 g/mol. The Hall–Kier alpha value is -6.00. The van der Waals surface area contributed by atoms with Crippen LogP contribution in [0.4, 0.5) is 28.4 Å². The van der Waals surface area contributed by atoms with Crippen LogP contribution in [0.25, 0.3) is 44.2 Å². The molecule has 0 N–H and O–H groups in total. The summed E-state index contributed by atoms with van der Waals surface area (Å²) in [7, 11) is 0. The first kappa shape index (κ1) is 44.2. The normalized spacial score (nSPS) is 16.6. The molecular formula is C65H69BN2O. The van der Waals surface area contributed by atoms with Crippen LogP contribution in [-0.2, 0) is 35.5 Å². The van der Waals surface area contributed by atoms with E-state index in [1.165, 1.54) is 163 Å². The Labute approximate surface area is 412 Å². The molecule has 0 fully saturated rings. The maximum atomic E-state index is 7.18. The van der Waals surface area contributed by atoms with Crippen molar-refractivity contribution in [2.45, 2.75) is 149 Å². The lowest BCUT2D eigenvalue weighted by atomic mass is 9.42. The van der Waals surface area contributed by atoms with E-state index in [2.05, 4.69) is 193 Å². The first-order valence-corrected chi connectivity index (χ1v) is 26.6. The fourth-order valence-electron chi connectivity index (χ4n) is 13.2. The summed E-state index contributed by atoms with van der Waals surface area (Å²) in [5.74, 6) is 0. The first-order valence-electron chi connectivity index (χ1n) is 26.6. The van der Waals surface area contributed by atoms with Crippen molar-refractivity contribution >= 4 is 68.1 Å². The van der Waals surface area contributed by atoms with Crippen molar-refractivity contribution in [2.75, 3.05) is 9.71 Å². The number of nitrogens with zero attached hydrogens (tertiary/aromatic N) is 2. The largest absolute Gasteiger partial charge is 0.456 e. The minimum absolute atomic E-state index is 0.0822. The minimum Gasteiger partial charge on any atom is -0.456 e. The van der Waals surface area contributed by atoms with E-state index >= 15 is 0 Å². The second-order valence-electron chi connectivity index (χ2n) is 23.1. The van der Waals surface area contributed by atoms with Crippen molar-refractivity contribution in [3.8, 4) is 22.3 Å².